The lowest BCUT2D eigenvalue weighted by molar-refractivity contribution is -0.115. The Bertz CT molecular complexity index is 1020. The standard InChI is InChI=1S/C20H20F2N4O2S2/c1-12(19(27)23-16-10-13(21)6-7-15(16)22)30-20-25-24-18(17-5-3-9-29-17)26(20)11-14-4-2-8-28-14/h3,5-7,9-10,12,14H,2,4,8,11H2,1H3,(H,23,27). The first kappa shape index (κ1) is 21.0. The number of benzene rings is 1. The van der Waals surface area contributed by atoms with Gasteiger partial charge in [-0.3, -0.25) is 9.36 Å². The summed E-state index contributed by atoms with van der Waals surface area (Å²) in [4.78, 5) is 13.5. The van der Waals surface area contributed by atoms with E-state index in [1.54, 1.807) is 18.3 Å². The molecule has 0 radical (unpaired) electrons. The SMILES string of the molecule is CC(Sc1nnc(-c2cccs2)n1CC1CCCO1)C(=O)Nc1cc(F)ccc1F. The highest BCUT2D eigenvalue weighted by molar-refractivity contribution is 8.00. The summed E-state index contributed by atoms with van der Waals surface area (Å²) in [5.41, 5.74) is -0.187. The monoisotopic (exact) mass is 450 g/mol. The molecule has 158 valence electrons. The van der Waals surface area contributed by atoms with Crippen LogP contribution in [0.3, 0.4) is 0 Å². The zero-order valence-electron chi connectivity index (χ0n) is 16.2. The van der Waals surface area contributed by atoms with Crippen molar-refractivity contribution in [2.45, 2.75) is 42.8 Å². The van der Waals surface area contributed by atoms with Crippen LogP contribution in [0.25, 0.3) is 10.7 Å². The molecule has 3 aromatic rings. The number of carbonyl (C=O) groups excluding carboxylic acids is 1. The number of aromatic nitrogens is 3. The van der Waals surface area contributed by atoms with Crippen LogP contribution in [-0.2, 0) is 16.1 Å². The molecule has 4 rings (SSSR count). The van der Waals surface area contributed by atoms with E-state index in [9.17, 15) is 13.6 Å². The third-order valence-corrected chi connectivity index (χ3v) is 6.65. The largest absolute Gasteiger partial charge is 0.376 e. The normalized spacial score (nSPS) is 17.2. The van der Waals surface area contributed by atoms with Crippen molar-refractivity contribution in [3.63, 3.8) is 0 Å². The van der Waals surface area contributed by atoms with Crippen molar-refractivity contribution in [3.05, 3.63) is 47.3 Å². The summed E-state index contributed by atoms with van der Waals surface area (Å²) in [6, 6.07) is 6.86. The minimum absolute atomic E-state index is 0.0737. The molecule has 1 N–H and O–H groups in total. The Morgan fingerprint density at radius 3 is 3.00 bits per heavy atom. The van der Waals surface area contributed by atoms with Crippen LogP contribution in [0, 0.1) is 11.6 Å². The molecule has 0 spiro atoms. The number of thioether (sulfide) groups is 1. The molecule has 6 nitrogen and oxygen atoms in total. The molecule has 1 amide bonds. The van der Waals surface area contributed by atoms with Crippen LogP contribution in [0.15, 0.2) is 40.9 Å². The average molecular weight is 451 g/mol. The van der Waals surface area contributed by atoms with Crippen LogP contribution in [0.2, 0.25) is 0 Å². The Balaban J connectivity index is 1.52. The summed E-state index contributed by atoms with van der Waals surface area (Å²) >= 11 is 2.78. The molecule has 1 aliphatic rings. The summed E-state index contributed by atoms with van der Waals surface area (Å²) in [5, 5.41) is 13.0. The number of amides is 1. The highest BCUT2D eigenvalue weighted by Gasteiger charge is 2.25. The van der Waals surface area contributed by atoms with E-state index < -0.39 is 22.8 Å². The van der Waals surface area contributed by atoms with Crippen molar-refractivity contribution >= 4 is 34.7 Å². The lowest BCUT2D eigenvalue weighted by atomic mass is 10.2. The number of ether oxygens (including phenoxy) is 1. The number of halogens is 2. The van der Waals surface area contributed by atoms with E-state index in [1.807, 2.05) is 22.1 Å². The zero-order valence-corrected chi connectivity index (χ0v) is 17.8. The molecule has 0 saturated carbocycles. The van der Waals surface area contributed by atoms with Crippen LogP contribution in [0.1, 0.15) is 19.8 Å². The topological polar surface area (TPSA) is 69.0 Å². The Morgan fingerprint density at radius 1 is 1.40 bits per heavy atom. The summed E-state index contributed by atoms with van der Waals surface area (Å²) in [5.74, 6) is -1.03. The van der Waals surface area contributed by atoms with E-state index in [-0.39, 0.29) is 11.8 Å². The van der Waals surface area contributed by atoms with Crippen molar-refractivity contribution < 1.29 is 18.3 Å². The van der Waals surface area contributed by atoms with Crippen molar-refractivity contribution in [1.29, 1.82) is 0 Å². The van der Waals surface area contributed by atoms with Gasteiger partial charge in [-0.1, -0.05) is 17.8 Å². The second-order valence-corrected chi connectivity index (χ2v) is 9.16. The molecular weight excluding hydrogens is 430 g/mol. The van der Waals surface area contributed by atoms with Gasteiger partial charge in [-0.05, 0) is 43.3 Å². The first-order chi connectivity index (χ1) is 14.5. The average Bonchev–Trinajstić information content (AvgIpc) is 3.48. The fourth-order valence-electron chi connectivity index (χ4n) is 3.16. The van der Waals surface area contributed by atoms with E-state index >= 15 is 0 Å². The number of nitrogens with one attached hydrogen (secondary N) is 1. The van der Waals surface area contributed by atoms with Crippen molar-refractivity contribution in [3.8, 4) is 10.7 Å². The number of hydrogen-bond donors (Lipinski definition) is 1. The number of carbonyl (C=O) groups is 1. The van der Waals surface area contributed by atoms with E-state index in [0.29, 0.717) is 11.7 Å². The third-order valence-electron chi connectivity index (χ3n) is 4.71. The van der Waals surface area contributed by atoms with Crippen molar-refractivity contribution in [1.82, 2.24) is 14.8 Å². The Hall–Kier alpha value is -2.30. The van der Waals surface area contributed by atoms with Gasteiger partial charge < -0.3 is 10.1 Å². The quantitative estimate of drug-likeness (QED) is 0.534. The van der Waals surface area contributed by atoms with Gasteiger partial charge in [-0.25, -0.2) is 8.78 Å². The van der Waals surface area contributed by atoms with Crippen LogP contribution in [-0.4, -0.2) is 38.6 Å². The summed E-state index contributed by atoms with van der Waals surface area (Å²) in [7, 11) is 0. The zero-order chi connectivity index (χ0) is 21.1. The van der Waals surface area contributed by atoms with Gasteiger partial charge in [0.1, 0.15) is 11.6 Å². The van der Waals surface area contributed by atoms with Gasteiger partial charge in [-0.2, -0.15) is 0 Å². The summed E-state index contributed by atoms with van der Waals surface area (Å²) < 4.78 is 35.0. The fourth-order valence-corrected chi connectivity index (χ4v) is 4.74. The van der Waals surface area contributed by atoms with Gasteiger partial charge in [0.25, 0.3) is 0 Å². The Labute approximate surface area is 180 Å². The molecule has 0 bridgehead atoms. The fraction of sp³-hybridized carbons (Fsp3) is 0.350. The molecule has 30 heavy (non-hydrogen) atoms. The maximum absolute atomic E-state index is 13.8. The number of thiophene rings is 1. The number of anilines is 1. The van der Waals surface area contributed by atoms with Gasteiger partial charge in [0.05, 0.1) is 28.5 Å². The van der Waals surface area contributed by atoms with E-state index in [0.717, 1.165) is 48.3 Å². The molecule has 2 aromatic heterocycles. The van der Waals surface area contributed by atoms with Crippen LogP contribution in [0.4, 0.5) is 14.5 Å². The molecule has 2 unspecified atom stereocenters. The predicted molar refractivity (Wildman–Crippen MR) is 113 cm³/mol. The predicted octanol–water partition coefficient (Wildman–Crippen LogP) is 4.58. The molecule has 10 heteroatoms. The van der Waals surface area contributed by atoms with Gasteiger partial charge in [0.15, 0.2) is 11.0 Å². The van der Waals surface area contributed by atoms with Gasteiger partial charge in [0, 0.05) is 12.7 Å². The molecule has 1 saturated heterocycles. The minimum Gasteiger partial charge on any atom is -0.376 e. The number of nitrogens with zero attached hydrogens (tertiary/aromatic N) is 3. The third kappa shape index (κ3) is 4.71. The molecule has 1 fully saturated rings. The Morgan fingerprint density at radius 2 is 2.27 bits per heavy atom. The number of hydrogen-bond acceptors (Lipinski definition) is 6. The van der Waals surface area contributed by atoms with Crippen LogP contribution in [0.5, 0.6) is 0 Å². The lowest BCUT2D eigenvalue weighted by Gasteiger charge is -2.16. The second-order valence-electron chi connectivity index (χ2n) is 6.90. The van der Waals surface area contributed by atoms with E-state index in [2.05, 4.69) is 15.5 Å². The van der Waals surface area contributed by atoms with Crippen LogP contribution >= 0.6 is 23.1 Å². The summed E-state index contributed by atoms with van der Waals surface area (Å²) in [6.45, 7) is 3.02. The van der Waals surface area contributed by atoms with Crippen LogP contribution < -0.4 is 5.32 Å². The van der Waals surface area contributed by atoms with Crippen molar-refractivity contribution in [2.24, 2.45) is 0 Å². The van der Waals surface area contributed by atoms with Gasteiger partial charge >= 0.3 is 0 Å². The van der Waals surface area contributed by atoms with Gasteiger partial charge in [-0.15, -0.1) is 21.5 Å². The molecule has 3 heterocycles. The maximum atomic E-state index is 13.8. The second kappa shape index (κ2) is 9.23. The molecule has 2 atom stereocenters. The summed E-state index contributed by atoms with van der Waals surface area (Å²) in [6.07, 6.45) is 2.05. The highest BCUT2D eigenvalue weighted by atomic mass is 32.2. The smallest absolute Gasteiger partial charge is 0.237 e. The molecule has 1 aromatic carbocycles. The molecular formula is C20H20F2N4O2S2. The van der Waals surface area contributed by atoms with Crippen molar-refractivity contribution in [2.75, 3.05) is 11.9 Å². The molecule has 0 aliphatic carbocycles. The minimum atomic E-state index is -0.691. The lowest BCUT2D eigenvalue weighted by Crippen LogP contribution is -2.24. The first-order valence-electron chi connectivity index (χ1n) is 9.52. The Kier molecular flexibility index (Phi) is 6.45. The highest BCUT2D eigenvalue weighted by Crippen LogP contribution is 2.31. The van der Waals surface area contributed by atoms with E-state index in [1.165, 1.54) is 11.8 Å². The maximum Gasteiger partial charge on any atom is 0.237 e. The molecule has 1 aliphatic heterocycles. The first-order valence-corrected chi connectivity index (χ1v) is 11.3. The van der Waals surface area contributed by atoms with E-state index in [4.69, 9.17) is 4.74 Å². The number of rotatable bonds is 7. The van der Waals surface area contributed by atoms with Gasteiger partial charge in [0.2, 0.25) is 5.91 Å².